The maximum Gasteiger partial charge on any atom is 0.234 e. The van der Waals surface area contributed by atoms with Gasteiger partial charge in [-0.25, -0.2) is 0 Å². The average Bonchev–Trinajstić information content (AvgIpc) is 3.17. The van der Waals surface area contributed by atoms with E-state index in [-0.39, 0.29) is 11.7 Å². The highest BCUT2D eigenvalue weighted by atomic mass is 32.2. The standard InChI is InChI=1S/C21H21N5O2S/c1-3-26-20(16-6-10-18(28-2)11-7-16)24-25-21(26)29-14-19(27)23-17-8-4-15(5-9-17)12-13-22/h4-11H,3,12,14H2,1-2H3,(H,23,27). The minimum Gasteiger partial charge on any atom is -0.497 e. The summed E-state index contributed by atoms with van der Waals surface area (Å²) in [5.41, 5.74) is 2.56. The molecular formula is C21H21N5O2S. The first-order valence-electron chi connectivity index (χ1n) is 9.10. The summed E-state index contributed by atoms with van der Waals surface area (Å²) in [6.07, 6.45) is 0.354. The molecule has 3 rings (SSSR count). The molecule has 1 amide bonds. The van der Waals surface area contributed by atoms with E-state index in [0.717, 1.165) is 22.7 Å². The molecule has 0 saturated heterocycles. The SMILES string of the molecule is CCn1c(SCC(=O)Nc2ccc(CC#N)cc2)nnc1-c1ccc(OC)cc1. The molecule has 1 heterocycles. The van der Waals surface area contributed by atoms with Crippen LogP contribution in [0.15, 0.2) is 53.7 Å². The second kappa shape index (κ2) is 9.75. The van der Waals surface area contributed by atoms with Crippen LogP contribution >= 0.6 is 11.8 Å². The van der Waals surface area contributed by atoms with Crippen molar-refractivity contribution in [2.24, 2.45) is 0 Å². The summed E-state index contributed by atoms with van der Waals surface area (Å²) in [4.78, 5) is 12.3. The van der Waals surface area contributed by atoms with Crippen molar-refractivity contribution in [3.63, 3.8) is 0 Å². The number of nitrogens with one attached hydrogen (secondary N) is 1. The van der Waals surface area contributed by atoms with E-state index < -0.39 is 0 Å². The number of methoxy groups -OCH3 is 1. The molecule has 0 aliphatic carbocycles. The summed E-state index contributed by atoms with van der Waals surface area (Å²) in [5, 5.41) is 20.8. The number of carbonyl (C=O) groups excluding carboxylic acids is 1. The molecule has 148 valence electrons. The van der Waals surface area contributed by atoms with Gasteiger partial charge in [-0.1, -0.05) is 23.9 Å². The predicted molar refractivity (Wildman–Crippen MR) is 113 cm³/mol. The molecule has 0 saturated carbocycles. The Kier molecular flexibility index (Phi) is 6.87. The third kappa shape index (κ3) is 5.15. The van der Waals surface area contributed by atoms with Crippen molar-refractivity contribution < 1.29 is 9.53 Å². The van der Waals surface area contributed by atoms with Crippen LogP contribution in [0.3, 0.4) is 0 Å². The molecule has 3 aromatic rings. The van der Waals surface area contributed by atoms with Crippen LogP contribution in [0.5, 0.6) is 5.75 Å². The first kappa shape index (κ1) is 20.4. The van der Waals surface area contributed by atoms with Crippen molar-refractivity contribution in [2.45, 2.75) is 25.0 Å². The van der Waals surface area contributed by atoms with E-state index in [2.05, 4.69) is 21.6 Å². The minimum atomic E-state index is -0.125. The normalized spacial score (nSPS) is 10.4. The number of ether oxygens (including phenoxy) is 1. The quantitative estimate of drug-likeness (QED) is 0.572. The molecule has 0 radical (unpaired) electrons. The fourth-order valence-corrected chi connectivity index (χ4v) is 3.56. The first-order chi connectivity index (χ1) is 14.1. The zero-order valence-corrected chi connectivity index (χ0v) is 17.1. The molecule has 0 atom stereocenters. The molecule has 0 bridgehead atoms. The highest BCUT2D eigenvalue weighted by Crippen LogP contribution is 2.25. The van der Waals surface area contributed by atoms with Gasteiger partial charge in [0.15, 0.2) is 11.0 Å². The van der Waals surface area contributed by atoms with E-state index in [4.69, 9.17) is 10.00 Å². The third-order valence-electron chi connectivity index (χ3n) is 4.23. The lowest BCUT2D eigenvalue weighted by Crippen LogP contribution is -2.14. The van der Waals surface area contributed by atoms with E-state index in [1.807, 2.05) is 47.9 Å². The Balaban J connectivity index is 1.63. The molecule has 0 fully saturated rings. The van der Waals surface area contributed by atoms with Crippen LogP contribution in [-0.4, -0.2) is 33.5 Å². The Bertz CT molecular complexity index is 1010. The number of carbonyl (C=O) groups is 1. The van der Waals surface area contributed by atoms with E-state index in [0.29, 0.717) is 23.8 Å². The van der Waals surface area contributed by atoms with Crippen molar-refractivity contribution in [1.29, 1.82) is 5.26 Å². The lowest BCUT2D eigenvalue weighted by atomic mass is 10.1. The topological polar surface area (TPSA) is 92.8 Å². The van der Waals surface area contributed by atoms with Gasteiger partial charge in [-0.2, -0.15) is 5.26 Å². The molecule has 0 unspecified atom stereocenters. The first-order valence-corrected chi connectivity index (χ1v) is 10.1. The molecule has 8 heteroatoms. The van der Waals surface area contributed by atoms with Crippen molar-refractivity contribution in [1.82, 2.24) is 14.8 Å². The minimum absolute atomic E-state index is 0.125. The Morgan fingerprint density at radius 1 is 1.17 bits per heavy atom. The number of amides is 1. The largest absolute Gasteiger partial charge is 0.497 e. The van der Waals surface area contributed by atoms with Crippen molar-refractivity contribution in [2.75, 3.05) is 18.2 Å². The fourth-order valence-electron chi connectivity index (χ4n) is 2.76. The van der Waals surface area contributed by atoms with E-state index >= 15 is 0 Å². The smallest absolute Gasteiger partial charge is 0.234 e. The van der Waals surface area contributed by atoms with Crippen LogP contribution in [0.4, 0.5) is 5.69 Å². The molecule has 2 aromatic carbocycles. The zero-order chi connectivity index (χ0) is 20.6. The molecule has 0 aliphatic heterocycles. The molecular weight excluding hydrogens is 386 g/mol. The molecule has 7 nitrogen and oxygen atoms in total. The van der Waals surface area contributed by atoms with Gasteiger partial charge in [-0.15, -0.1) is 10.2 Å². The van der Waals surface area contributed by atoms with Crippen LogP contribution in [0.1, 0.15) is 12.5 Å². The van der Waals surface area contributed by atoms with Gasteiger partial charge < -0.3 is 14.6 Å². The molecule has 0 aliphatic rings. The monoisotopic (exact) mass is 407 g/mol. The van der Waals surface area contributed by atoms with Gasteiger partial charge in [-0.05, 0) is 48.9 Å². The number of anilines is 1. The van der Waals surface area contributed by atoms with Gasteiger partial charge in [0.25, 0.3) is 0 Å². The van der Waals surface area contributed by atoms with Gasteiger partial charge >= 0.3 is 0 Å². The van der Waals surface area contributed by atoms with Gasteiger partial charge in [0, 0.05) is 17.8 Å². The van der Waals surface area contributed by atoms with E-state index in [1.54, 1.807) is 19.2 Å². The molecule has 29 heavy (non-hydrogen) atoms. The number of nitriles is 1. The van der Waals surface area contributed by atoms with Gasteiger partial charge in [0.2, 0.25) is 5.91 Å². The lowest BCUT2D eigenvalue weighted by Gasteiger charge is -2.08. The summed E-state index contributed by atoms with van der Waals surface area (Å²) in [7, 11) is 1.63. The fraction of sp³-hybridized carbons (Fsp3) is 0.238. The Morgan fingerprint density at radius 2 is 1.90 bits per heavy atom. The summed E-state index contributed by atoms with van der Waals surface area (Å²) in [5.74, 6) is 1.63. The van der Waals surface area contributed by atoms with Crippen LogP contribution in [-0.2, 0) is 17.8 Å². The molecule has 1 aromatic heterocycles. The Hall–Kier alpha value is -3.31. The summed E-state index contributed by atoms with van der Waals surface area (Å²) in [6.45, 7) is 2.71. The second-order valence-corrected chi connectivity index (χ2v) is 7.09. The number of thioether (sulfide) groups is 1. The number of hydrogen-bond donors (Lipinski definition) is 1. The van der Waals surface area contributed by atoms with Crippen molar-refractivity contribution in [3.05, 3.63) is 54.1 Å². The number of hydrogen-bond acceptors (Lipinski definition) is 6. The van der Waals surface area contributed by atoms with Crippen LogP contribution in [0.25, 0.3) is 11.4 Å². The maximum atomic E-state index is 12.3. The summed E-state index contributed by atoms with van der Waals surface area (Å²) in [6, 6.07) is 17.0. The van der Waals surface area contributed by atoms with Gasteiger partial charge in [0.1, 0.15) is 5.75 Å². The average molecular weight is 407 g/mol. The molecule has 0 spiro atoms. The number of benzene rings is 2. The maximum absolute atomic E-state index is 12.3. The van der Waals surface area contributed by atoms with E-state index in [1.165, 1.54) is 11.8 Å². The Morgan fingerprint density at radius 3 is 2.52 bits per heavy atom. The third-order valence-corrected chi connectivity index (χ3v) is 5.20. The molecule has 1 N–H and O–H groups in total. The lowest BCUT2D eigenvalue weighted by molar-refractivity contribution is -0.113. The van der Waals surface area contributed by atoms with Crippen molar-refractivity contribution >= 4 is 23.4 Å². The highest BCUT2D eigenvalue weighted by molar-refractivity contribution is 7.99. The zero-order valence-electron chi connectivity index (χ0n) is 16.3. The second-order valence-electron chi connectivity index (χ2n) is 6.15. The number of aromatic nitrogens is 3. The Labute approximate surface area is 173 Å². The number of nitrogens with zero attached hydrogens (tertiary/aromatic N) is 4. The van der Waals surface area contributed by atoms with Gasteiger partial charge in [-0.3, -0.25) is 4.79 Å². The van der Waals surface area contributed by atoms with Gasteiger partial charge in [0.05, 0.1) is 25.4 Å². The van der Waals surface area contributed by atoms with Crippen molar-refractivity contribution in [3.8, 4) is 23.2 Å². The summed E-state index contributed by atoms with van der Waals surface area (Å²) >= 11 is 1.34. The highest BCUT2D eigenvalue weighted by Gasteiger charge is 2.15. The predicted octanol–water partition coefficient (Wildman–Crippen LogP) is 3.77. The van der Waals surface area contributed by atoms with Crippen LogP contribution < -0.4 is 10.1 Å². The van der Waals surface area contributed by atoms with Crippen LogP contribution in [0.2, 0.25) is 0 Å². The number of rotatable bonds is 8. The van der Waals surface area contributed by atoms with E-state index in [9.17, 15) is 4.79 Å². The van der Waals surface area contributed by atoms with Crippen LogP contribution in [0, 0.1) is 11.3 Å². The summed E-state index contributed by atoms with van der Waals surface area (Å²) < 4.78 is 7.18.